The fourth-order valence-electron chi connectivity index (χ4n) is 3.53. The average molecular weight is 209 g/mol. The molecule has 0 aromatic heterocycles. The Morgan fingerprint density at radius 2 is 1.87 bits per heavy atom. The van der Waals surface area contributed by atoms with E-state index in [9.17, 15) is 0 Å². The molecule has 2 nitrogen and oxygen atoms in total. The highest BCUT2D eigenvalue weighted by molar-refractivity contribution is 4.96. The van der Waals surface area contributed by atoms with Crippen molar-refractivity contribution >= 4 is 0 Å². The van der Waals surface area contributed by atoms with Gasteiger partial charge in [-0.2, -0.15) is 0 Å². The number of morpholine rings is 1. The summed E-state index contributed by atoms with van der Waals surface area (Å²) in [6.45, 7) is 5.85. The van der Waals surface area contributed by atoms with Gasteiger partial charge < -0.3 is 10.1 Å². The molecule has 0 amide bonds. The number of rotatable bonds is 1. The predicted octanol–water partition coefficient (Wildman–Crippen LogP) is 2.19. The molecule has 86 valence electrons. The van der Waals surface area contributed by atoms with Gasteiger partial charge in [0.1, 0.15) is 0 Å². The molecule has 15 heavy (non-hydrogen) atoms. The van der Waals surface area contributed by atoms with Gasteiger partial charge in [0, 0.05) is 12.6 Å². The summed E-state index contributed by atoms with van der Waals surface area (Å²) in [6, 6.07) is 0.635. The maximum atomic E-state index is 6.29. The molecule has 1 N–H and O–H groups in total. The highest BCUT2D eigenvalue weighted by Crippen LogP contribution is 2.40. The fraction of sp³-hybridized carbons (Fsp3) is 1.00. The summed E-state index contributed by atoms with van der Waals surface area (Å²) in [5.74, 6) is 2.52. The van der Waals surface area contributed by atoms with Gasteiger partial charge in [-0.25, -0.2) is 0 Å². The van der Waals surface area contributed by atoms with Gasteiger partial charge in [-0.3, -0.25) is 0 Å². The second kappa shape index (κ2) is 3.74. The van der Waals surface area contributed by atoms with Gasteiger partial charge in [0.2, 0.25) is 0 Å². The number of hydrogen-bond acceptors (Lipinski definition) is 2. The third kappa shape index (κ3) is 1.94. The van der Waals surface area contributed by atoms with E-state index in [1.54, 1.807) is 0 Å². The Labute approximate surface area is 92.8 Å². The summed E-state index contributed by atoms with van der Waals surface area (Å²) in [5, 5.41) is 3.74. The number of nitrogens with one attached hydrogen (secondary N) is 1. The minimum atomic E-state index is 0.503. The van der Waals surface area contributed by atoms with Gasteiger partial charge >= 0.3 is 0 Å². The van der Waals surface area contributed by atoms with Crippen LogP contribution in [0.3, 0.4) is 0 Å². The van der Waals surface area contributed by atoms with Crippen molar-refractivity contribution < 1.29 is 4.74 Å². The Bertz CT molecular complexity index is 239. The Morgan fingerprint density at radius 1 is 1.07 bits per heavy atom. The van der Waals surface area contributed by atoms with Crippen LogP contribution in [-0.4, -0.2) is 24.8 Å². The highest BCUT2D eigenvalue weighted by Gasteiger charge is 2.43. The van der Waals surface area contributed by atoms with Gasteiger partial charge in [0.25, 0.3) is 0 Å². The molecule has 1 aliphatic heterocycles. The normalized spacial score (nSPS) is 51.2. The van der Waals surface area contributed by atoms with Crippen LogP contribution in [0.5, 0.6) is 0 Å². The van der Waals surface area contributed by atoms with Crippen molar-refractivity contribution in [2.75, 3.05) is 6.54 Å². The van der Waals surface area contributed by atoms with Crippen LogP contribution in [0, 0.1) is 17.8 Å². The van der Waals surface area contributed by atoms with E-state index >= 15 is 0 Å². The first-order valence-electron chi connectivity index (χ1n) is 6.63. The summed E-state index contributed by atoms with van der Waals surface area (Å²) in [6.07, 6.45) is 6.47. The predicted molar refractivity (Wildman–Crippen MR) is 60.7 cm³/mol. The lowest BCUT2D eigenvalue weighted by molar-refractivity contribution is -0.106. The summed E-state index contributed by atoms with van der Waals surface area (Å²) in [4.78, 5) is 0. The molecule has 1 saturated heterocycles. The van der Waals surface area contributed by atoms with Crippen molar-refractivity contribution in [3.8, 4) is 0 Å². The van der Waals surface area contributed by atoms with Crippen LogP contribution in [0.15, 0.2) is 0 Å². The van der Waals surface area contributed by atoms with Crippen molar-refractivity contribution in [3.05, 3.63) is 0 Å². The lowest BCUT2D eigenvalue weighted by atomic mass is 9.77. The zero-order chi connectivity index (χ0) is 10.4. The molecule has 1 heterocycles. The van der Waals surface area contributed by atoms with Crippen molar-refractivity contribution in [2.45, 2.75) is 57.8 Å². The van der Waals surface area contributed by atoms with Crippen LogP contribution < -0.4 is 5.32 Å². The van der Waals surface area contributed by atoms with Crippen LogP contribution in [0.25, 0.3) is 0 Å². The maximum absolute atomic E-state index is 6.29. The third-order valence-corrected chi connectivity index (χ3v) is 4.47. The minimum Gasteiger partial charge on any atom is -0.372 e. The van der Waals surface area contributed by atoms with Gasteiger partial charge in [0.15, 0.2) is 0 Å². The molecule has 0 spiro atoms. The zero-order valence-electron chi connectivity index (χ0n) is 9.91. The van der Waals surface area contributed by atoms with E-state index in [1.807, 2.05) is 0 Å². The second-order valence-corrected chi connectivity index (χ2v) is 6.04. The number of hydrogen-bond donors (Lipinski definition) is 1. The molecule has 5 unspecified atom stereocenters. The molecule has 0 radical (unpaired) electrons. The number of ether oxygens (including phenoxy) is 1. The molecule has 0 bridgehead atoms. The van der Waals surface area contributed by atoms with E-state index in [0.29, 0.717) is 18.2 Å². The quantitative estimate of drug-likeness (QED) is 0.715. The zero-order valence-corrected chi connectivity index (χ0v) is 9.91. The first-order valence-corrected chi connectivity index (χ1v) is 6.63. The SMILES string of the molecule is CC1CC(C)C2NCC(C3CC3)OC2C1. The van der Waals surface area contributed by atoms with Gasteiger partial charge in [-0.15, -0.1) is 0 Å². The Hall–Kier alpha value is -0.0800. The topological polar surface area (TPSA) is 21.3 Å². The highest BCUT2D eigenvalue weighted by atomic mass is 16.5. The van der Waals surface area contributed by atoms with Crippen molar-refractivity contribution in [2.24, 2.45) is 17.8 Å². The summed E-state index contributed by atoms with van der Waals surface area (Å²) >= 11 is 0. The minimum absolute atomic E-state index is 0.503. The van der Waals surface area contributed by atoms with E-state index < -0.39 is 0 Å². The second-order valence-electron chi connectivity index (χ2n) is 6.04. The summed E-state index contributed by atoms with van der Waals surface area (Å²) < 4.78 is 6.29. The molecule has 0 aromatic rings. The molecule has 2 aliphatic carbocycles. The molecule has 0 aromatic carbocycles. The maximum Gasteiger partial charge on any atom is 0.0737 e. The van der Waals surface area contributed by atoms with Crippen LogP contribution in [-0.2, 0) is 4.74 Å². The molecule has 2 saturated carbocycles. The van der Waals surface area contributed by atoms with E-state index in [1.165, 1.54) is 25.7 Å². The molecule has 3 fully saturated rings. The Morgan fingerprint density at radius 3 is 2.60 bits per heavy atom. The van der Waals surface area contributed by atoms with E-state index in [2.05, 4.69) is 19.2 Å². The third-order valence-electron chi connectivity index (χ3n) is 4.47. The molecule has 5 atom stereocenters. The van der Waals surface area contributed by atoms with Crippen molar-refractivity contribution in [3.63, 3.8) is 0 Å². The van der Waals surface area contributed by atoms with E-state index in [-0.39, 0.29) is 0 Å². The van der Waals surface area contributed by atoms with E-state index in [0.717, 1.165) is 24.3 Å². The first-order chi connectivity index (χ1) is 7.24. The first kappa shape index (κ1) is 10.1. The van der Waals surface area contributed by atoms with Crippen LogP contribution >= 0.6 is 0 Å². The van der Waals surface area contributed by atoms with Gasteiger partial charge in [-0.1, -0.05) is 13.8 Å². The largest absolute Gasteiger partial charge is 0.372 e. The average Bonchev–Trinajstić information content (AvgIpc) is 2.99. The van der Waals surface area contributed by atoms with Crippen LogP contribution in [0.1, 0.15) is 39.5 Å². The van der Waals surface area contributed by atoms with E-state index in [4.69, 9.17) is 4.74 Å². The molecular weight excluding hydrogens is 186 g/mol. The standard InChI is InChI=1S/C13H23NO/c1-8-5-9(2)13-11(6-8)15-12(7-14-13)10-3-4-10/h8-14H,3-7H2,1-2H3. The van der Waals surface area contributed by atoms with Crippen LogP contribution in [0.4, 0.5) is 0 Å². The smallest absolute Gasteiger partial charge is 0.0737 e. The van der Waals surface area contributed by atoms with Gasteiger partial charge in [0.05, 0.1) is 12.2 Å². The van der Waals surface area contributed by atoms with Crippen molar-refractivity contribution in [1.29, 1.82) is 0 Å². The monoisotopic (exact) mass is 209 g/mol. The summed E-state index contributed by atoms with van der Waals surface area (Å²) in [7, 11) is 0. The molecular formula is C13H23NO. The summed E-state index contributed by atoms with van der Waals surface area (Å²) in [5.41, 5.74) is 0. The fourth-order valence-corrected chi connectivity index (χ4v) is 3.53. The van der Waals surface area contributed by atoms with Gasteiger partial charge in [-0.05, 0) is 43.4 Å². The van der Waals surface area contributed by atoms with Crippen LogP contribution in [0.2, 0.25) is 0 Å². The molecule has 3 aliphatic rings. The number of fused-ring (bicyclic) bond motifs is 1. The lowest BCUT2D eigenvalue weighted by Crippen LogP contribution is -2.58. The molecule has 2 heteroatoms. The lowest BCUT2D eigenvalue weighted by Gasteiger charge is -2.45. The Balaban J connectivity index is 1.66. The van der Waals surface area contributed by atoms with Crippen molar-refractivity contribution in [1.82, 2.24) is 5.32 Å². The molecule has 3 rings (SSSR count). The Kier molecular flexibility index (Phi) is 2.52.